The highest BCUT2D eigenvalue weighted by atomic mass is 16.6. The summed E-state index contributed by atoms with van der Waals surface area (Å²) in [5.74, 6) is -3.49. The number of aliphatic carboxylic acids is 1. The second kappa shape index (κ2) is 10.6. The molecule has 14 nitrogen and oxygen atoms in total. The molecule has 1 fully saturated rings. The summed E-state index contributed by atoms with van der Waals surface area (Å²) in [6, 6.07) is -3.24. The Balaban J connectivity index is 2.72. The lowest BCUT2D eigenvalue weighted by molar-refractivity contribution is -0.280. The minimum Gasteiger partial charge on any atom is -0.481 e. The smallest absolute Gasteiger partial charge is 0.305 e. The highest BCUT2D eigenvalue weighted by molar-refractivity contribution is 5.91. The van der Waals surface area contributed by atoms with Gasteiger partial charge in [0.1, 0.15) is 36.6 Å². The summed E-state index contributed by atoms with van der Waals surface area (Å²) >= 11 is 0. The van der Waals surface area contributed by atoms with Gasteiger partial charge in [-0.15, -0.1) is 0 Å². The van der Waals surface area contributed by atoms with Crippen LogP contribution in [0.5, 0.6) is 0 Å². The number of hydrogen-bond acceptors (Lipinski definition) is 11. The van der Waals surface area contributed by atoms with E-state index in [2.05, 4.69) is 5.32 Å². The highest BCUT2D eigenvalue weighted by Gasteiger charge is 2.43. The first-order valence-corrected chi connectivity index (χ1v) is 8.21. The summed E-state index contributed by atoms with van der Waals surface area (Å²) in [6.07, 6.45) is -10.9. The number of aliphatic hydroxyl groups is 6. The molecule has 14 heteroatoms. The average molecular weight is 411 g/mol. The van der Waals surface area contributed by atoms with E-state index in [0.29, 0.717) is 0 Å². The second-order valence-electron chi connectivity index (χ2n) is 6.22. The van der Waals surface area contributed by atoms with Crippen LogP contribution in [0.1, 0.15) is 6.42 Å². The van der Waals surface area contributed by atoms with Gasteiger partial charge in [-0.2, -0.15) is 0 Å². The first-order valence-electron chi connectivity index (χ1n) is 8.21. The summed E-state index contributed by atoms with van der Waals surface area (Å²) in [4.78, 5) is 34.7. The minimum atomic E-state index is -1.83. The van der Waals surface area contributed by atoms with E-state index in [4.69, 9.17) is 20.7 Å². The SMILES string of the molecule is N[C@@H](CC(=O)O)C(=O)N[C@H](C(=O)NC[C@@H]1O[C@@H](O)[C@@H](O)[C@H](O)[C@@H]1O)[C@@H](O)CO. The molecule has 0 unspecified atom stereocenters. The number of carbonyl (C=O) groups is 3. The topological polar surface area (TPSA) is 252 Å². The fourth-order valence-corrected chi connectivity index (χ4v) is 2.39. The normalized spacial score (nSPS) is 30.8. The Hall–Kier alpha value is -1.91. The van der Waals surface area contributed by atoms with Crippen molar-refractivity contribution in [1.29, 1.82) is 0 Å². The Morgan fingerprint density at radius 1 is 1.04 bits per heavy atom. The van der Waals surface area contributed by atoms with Gasteiger partial charge in [0.2, 0.25) is 11.8 Å². The van der Waals surface area contributed by atoms with Gasteiger partial charge in [0.15, 0.2) is 6.29 Å². The first kappa shape index (κ1) is 24.1. The summed E-state index contributed by atoms with van der Waals surface area (Å²) in [5, 5.41) is 69.8. The summed E-state index contributed by atoms with van der Waals surface area (Å²) in [5.41, 5.74) is 5.36. The van der Waals surface area contributed by atoms with Crippen molar-refractivity contribution in [2.24, 2.45) is 5.73 Å². The fourth-order valence-electron chi connectivity index (χ4n) is 2.39. The van der Waals surface area contributed by atoms with Gasteiger partial charge < -0.3 is 56.8 Å². The standard InChI is InChI=1S/C14H25N3O11/c15-4(1-7(20)21)12(25)17-8(5(19)3-18)13(26)16-2-6-9(22)10(23)11(24)14(27)28-6/h4-6,8-11,14,18-19,22-24,27H,1-3,15H2,(H,16,26)(H,17,25)(H,20,21)/t4-,5-,6-,8-,9+,10+,11-,14+/m0/s1. The van der Waals surface area contributed by atoms with E-state index in [1.807, 2.05) is 5.32 Å². The molecule has 0 aromatic heterocycles. The van der Waals surface area contributed by atoms with Gasteiger partial charge in [0, 0.05) is 6.54 Å². The maximum Gasteiger partial charge on any atom is 0.305 e. The number of nitrogens with one attached hydrogen (secondary N) is 2. The number of nitrogens with two attached hydrogens (primary N) is 1. The van der Waals surface area contributed by atoms with Crippen LogP contribution in [0.15, 0.2) is 0 Å². The molecule has 1 aliphatic heterocycles. The van der Waals surface area contributed by atoms with Gasteiger partial charge in [0.25, 0.3) is 0 Å². The molecule has 0 aromatic rings. The lowest BCUT2D eigenvalue weighted by atomic mass is 9.99. The molecular weight excluding hydrogens is 386 g/mol. The van der Waals surface area contributed by atoms with Crippen LogP contribution in [0.4, 0.5) is 0 Å². The van der Waals surface area contributed by atoms with Crippen LogP contribution in [0.3, 0.4) is 0 Å². The molecule has 8 atom stereocenters. The van der Waals surface area contributed by atoms with Crippen molar-refractivity contribution in [3.63, 3.8) is 0 Å². The highest BCUT2D eigenvalue weighted by Crippen LogP contribution is 2.19. The zero-order valence-corrected chi connectivity index (χ0v) is 14.6. The molecule has 1 rings (SSSR count). The molecule has 1 aliphatic rings. The molecular formula is C14H25N3O11. The predicted molar refractivity (Wildman–Crippen MR) is 87.2 cm³/mol. The number of amides is 2. The molecule has 11 N–H and O–H groups in total. The van der Waals surface area contributed by atoms with Crippen LogP contribution < -0.4 is 16.4 Å². The van der Waals surface area contributed by atoms with E-state index >= 15 is 0 Å². The van der Waals surface area contributed by atoms with E-state index < -0.39 is 86.2 Å². The number of carbonyl (C=O) groups excluding carboxylic acids is 2. The van der Waals surface area contributed by atoms with Crippen molar-refractivity contribution >= 4 is 17.8 Å². The molecule has 2 amide bonds. The number of carboxylic acids is 1. The molecule has 1 heterocycles. The van der Waals surface area contributed by atoms with Crippen molar-refractivity contribution < 1.29 is 54.9 Å². The number of ether oxygens (including phenoxy) is 1. The first-order chi connectivity index (χ1) is 13.0. The summed E-state index contributed by atoms with van der Waals surface area (Å²) in [7, 11) is 0. The van der Waals surface area contributed by atoms with Crippen molar-refractivity contribution in [1.82, 2.24) is 10.6 Å². The monoisotopic (exact) mass is 411 g/mol. The summed E-state index contributed by atoms with van der Waals surface area (Å²) in [6.45, 7) is -1.44. The molecule has 0 aromatic carbocycles. The Bertz CT molecular complexity index is 563. The zero-order chi connectivity index (χ0) is 21.6. The van der Waals surface area contributed by atoms with E-state index in [1.165, 1.54) is 0 Å². The minimum absolute atomic E-state index is 0.507. The zero-order valence-electron chi connectivity index (χ0n) is 14.6. The quantitative estimate of drug-likeness (QED) is 0.170. The largest absolute Gasteiger partial charge is 0.481 e. The molecule has 0 spiro atoms. The number of carboxylic acid groups (broad SMARTS) is 1. The van der Waals surface area contributed by atoms with Crippen LogP contribution in [0, 0.1) is 0 Å². The molecule has 1 saturated heterocycles. The lowest BCUT2D eigenvalue weighted by Gasteiger charge is -2.38. The fraction of sp³-hybridized carbons (Fsp3) is 0.786. The Labute approximate surface area is 158 Å². The van der Waals surface area contributed by atoms with Gasteiger partial charge in [-0.1, -0.05) is 0 Å². The van der Waals surface area contributed by atoms with Crippen LogP contribution >= 0.6 is 0 Å². The predicted octanol–water partition coefficient (Wildman–Crippen LogP) is -6.46. The Morgan fingerprint density at radius 2 is 1.64 bits per heavy atom. The van der Waals surface area contributed by atoms with Gasteiger partial charge in [-0.05, 0) is 0 Å². The van der Waals surface area contributed by atoms with Crippen molar-refractivity contribution in [3.8, 4) is 0 Å². The van der Waals surface area contributed by atoms with Gasteiger partial charge in [-0.3, -0.25) is 14.4 Å². The lowest BCUT2D eigenvalue weighted by Crippen LogP contribution is -2.62. The second-order valence-corrected chi connectivity index (χ2v) is 6.22. The van der Waals surface area contributed by atoms with Gasteiger partial charge in [0.05, 0.1) is 19.1 Å². The van der Waals surface area contributed by atoms with Crippen LogP contribution in [0.25, 0.3) is 0 Å². The third kappa shape index (κ3) is 6.32. The average Bonchev–Trinajstić information content (AvgIpc) is 2.64. The van der Waals surface area contributed by atoms with Crippen molar-refractivity contribution in [3.05, 3.63) is 0 Å². The molecule has 0 aliphatic carbocycles. The van der Waals surface area contributed by atoms with Crippen LogP contribution in [0.2, 0.25) is 0 Å². The van der Waals surface area contributed by atoms with E-state index in [-0.39, 0.29) is 0 Å². The molecule has 0 saturated carbocycles. The maximum atomic E-state index is 12.2. The molecule has 162 valence electrons. The third-order valence-corrected chi connectivity index (χ3v) is 4.05. The Kier molecular flexibility index (Phi) is 9.12. The van der Waals surface area contributed by atoms with E-state index in [9.17, 15) is 39.9 Å². The molecule has 0 radical (unpaired) electrons. The van der Waals surface area contributed by atoms with E-state index in [0.717, 1.165) is 0 Å². The van der Waals surface area contributed by atoms with Crippen molar-refractivity contribution in [2.75, 3.05) is 13.2 Å². The number of hydrogen-bond donors (Lipinski definition) is 10. The third-order valence-electron chi connectivity index (χ3n) is 4.05. The number of rotatable bonds is 9. The molecule has 0 bridgehead atoms. The van der Waals surface area contributed by atoms with Crippen LogP contribution in [-0.2, 0) is 19.1 Å². The number of aliphatic hydroxyl groups excluding tert-OH is 6. The maximum absolute atomic E-state index is 12.2. The van der Waals surface area contributed by atoms with Gasteiger partial charge in [-0.25, -0.2) is 0 Å². The Morgan fingerprint density at radius 3 is 2.18 bits per heavy atom. The van der Waals surface area contributed by atoms with Crippen molar-refractivity contribution in [2.45, 2.75) is 55.3 Å². The van der Waals surface area contributed by atoms with Gasteiger partial charge >= 0.3 is 5.97 Å². The van der Waals surface area contributed by atoms with Crippen LogP contribution in [-0.4, -0.2) is 116 Å². The molecule has 28 heavy (non-hydrogen) atoms. The van der Waals surface area contributed by atoms with E-state index in [1.54, 1.807) is 0 Å². The summed E-state index contributed by atoms with van der Waals surface area (Å²) < 4.78 is 4.86.